The van der Waals surface area contributed by atoms with E-state index in [4.69, 9.17) is 9.84 Å². The highest BCUT2D eigenvalue weighted by Gasteiger charge is 2.42. The summed E-state index contributed by atoms with van der Waals surface area (Å²) in [5.74, 6) is -1.42. The molecule has 3 aliphatic rings. The zero-order chi connectivity index (χ0) is 24.1. The average Bonchev–Trinajstić information content (AvgIpc) is 3.56. The van der Waals surface area contributed by atoms with Crippen LogP contribution in [0.25, 0.3) is 11.1 Å². The number of H-pyrrole nitrogens is 1. The third-order valence-corrected chi connectivity index (χ3v) is 7.66. The minimum atomic E-state index is -0.980. The van der Waals surface area contributed by atoms with Gasteiger partial charge < -0.3 is 19.7 Å². The van der Waals surface area contributed by atoms with Gasteiger partial charge in [0.15, 0.2) is 11.6 Å². The predicted molar refractivity (Wildman–Crippen MR) is 126 cm³/mol. The largest absolute Gasteiger partial charge is 0.478 e. The highest BCUT2D eigenvalue weighted by Crippen LogP contribution is 2.45. The van der Waals surface area contributed by atoms with E-state index in [9.17, 15) is 13.6 Å². The Morgan fingerprint density at radius 3 is 2.51 bits per heavy atom. The molecule has 2 saturated heterocycles. The quantitative estimate of drug-likeness (QED) is 0.458. The van der Waals surface area contributed by atoms with Gasteiger partial charge in [0.25, 0.3) is 0 Å². The number of aromatic carboxylic acids is 1. The van der Waals surface area contributed by atoms with E-state index in [2.05, 4.69) is 14.9 Å². The van der Waals surface area contributed by atoms with Crippen LogP contribution in [0.4, 0.5) is 14.6 Å². The Morgan fingerprint density at radius 1 is 1.09 bits per heavy atom. The second kappa shape index (κ2) is 8.75. The van der Waals surface area contributed by atoms with Crippen LogP contribution in [0.15, 0.2) is 42.7 Å². The van der Waals surface area contributed by atoms with Crippen LogP contribution in [0.5, 0.6) is 0 Å². The number of nitrogens with zero attached hydrogens (tertiary/aromatic N) is 2. The van der Waals surface area contributed by atoms with Crippen molar-refractivity contribution in [3.05, 3.63) is 71.2 Å². The lowest BCUT2D eigenvalue weighted by atomic mass is 9.98. The van der Waals surface area contributed by atoms with Crippen LogP contribution in [0, 0.1) is 11.6 Å². The SMILES string of the molecule is O=C(O)c1ccc(N2C3CCC2CC(OCc2c(-c4cccc(F)c4F)c[nH]c2C2CC2)C3)nc1. The number of halogens is 2. The summed E-state index contributed by atoms with van der Waals surface area (Å²) in [5, 5.41) is 9.14. The first kappa shape index (κ1) is 22.2. The molecule has 182 valence electrons. The summed E-state index contributed by atoms with van der Waals surface area (Å²) >= 11 is 0. The lowest BCUT2D eigenvalue weighted by molar-refractivity contribution is 0.0149. The third kappa shape index (κ3) is 4.10. The summed E-state index contributed by atoms with van der Waals surface area (Å²) in [6, 6.07) is 8.25. The maximum Gasteiger partial charge on any atom is 0.337 e. The summed E-state index contributed by atoms with van der Waals surface area (Å²) in [4.78, 5) is 21.2. The number of hydrogen-bond donors (Lipinski definition) is 2. The Labute approximate surface area is 201 Å². The molecule has 6 nitrogen and oxygen atoms in total. The number of aromatic amines is 1. The Bertz CT molecular complexity index is 1240. The van der Waals surface area contributed by atoms with Gasteiger partial charge >= 0.3 is 5.97 Å². The van der Waals surface area contributed by atoms with Gasteiger partial charge in [-0.25, -0.2) is 18.6 Å². The van der Waals surface area contributed by atoms with Crippen molar-refractivity contribution in [3.63, 3.8) is 0 Å². The Kier molecular flexibility index (Phi) is 5.56. The fourth-order valence-electron chi connectivity index (χ4n) is 5.82. The van der Waals surface area contributed by atoms with Gasteiger partial charge in [-0.3, -0.25) is 0 Å². The zero-order valence-electron chi connectivity index (χ0n) is 19.2. The number of aromatic nitrogens is 2. The molecule has 2 aliphatic heterocycles. The standard InChI is InChI=1S/C27H27F2N3O3/c28-23-3-1-2-20(25(23)29)21-13-31-26(15-4-5-15)22(21)14-35-19-10-17-7-8-18(11-19)32(17)24-9-6-16(12-30-24)27(33)34/h1-3,6,9,12-13,15,17-19,31H,4-5,7-8,10-11,14H2,(H,33,34). The number of carbonyl (C=O) groups is 1. The van der Waals surface area contributed by atoms with Gasteiger partial charge in [-0.05, 0) is 62.6 Å². The zero-order valence-corrected chi connectivity index (χ0v) is 19.2. The van der Waals surface area contributed by atoms with Crippen molar-refractivity contribution >= 4 is 11.8 Å². The van der Waals surface area contributed by atoms with Crippen molar-refractivity contribution in [1.82, 2.24) is 9.97 Å². The number of rotatable bonds is 7. The summed E-state index contributed by atoms with van der Waals surface area (Å²) in [7, 11) is 0. The van der Waals surface area contributed by atoms with Crippen molar-refractivity contribution in [1.29, 1.82) is 0 Å². The number of hydrogen-bond acceptors (Lipinski definition) is 4. The monoisotopic (exact) mass is 479 g/mol. The maximum absolute atomic E-state index is 14.6. The summed E-state index contributed by atoms with van der Waals surface area (Å²) in [6.45, 7) is 0.357. The van der Waals surface area contributed by atoms with E-state index < -0.39 is 17.6 Å². The van der Waals surface area contributed by atoms with Crippen molar-refractivity contribution in [2.45, 2.75) is 69.2 Å². The minimum absolute atomic E-state index is 0.0641. The molecule has 2 N–H and O–H groups in total. The van der Waals surface area contributed by atoms with Gasteiger partial charge in [0.2, 0.25) is 0 Å². The van der Waals surface area contributed by atoms with E-state index in [1.807, 2.05) is 0 Å². The van der Waals surface area contributed by atoms with Gasteiger partial charge in [-0.1, -0.05) is 12.1 Å². The van der Waals surface area contributed by atoms with E-state index in [0.29, 0.717) is 18.1 Å². The molecule has 8 heteroatoms. The molecule has 0 amide bonds. The number of carboxylic acid groups (broad SMARTS) is 1. The normalized spacial score (nSPS) is 23.6. The van der Waals surface area contributed by atoms with Crippen LogP contribution in [-0.4, -0.2) is 39.2 Å². The van der Waals surface area contributed by atoms with Gasteiger partial charge in [-0.15, -0.1) is 0 Å². The molecule has 2 aromatic heterocycles. The first-order chi connectivity index (χ1) is 17.0. The van der Waals surface area contributed by atoms with Gasteiger partial charge in [0.1, 0.15) is 5.82 Å². The van der Waals surface area contributed by atoms with E-state index in [-0.39, 0.29) is 29.3 Å². The maximum atomic E-state index is 14.6. The van der Waals surface area contributed by atoms with Crippen LogP contribution in [-0.2, 0) is 11.3 Å². The number of carboxylic acids is 1. The number of pyridine rings is 1. The van der Waals surface area contributed by atoms with Crippen molar-refractivity contribution in [2.75, 3.05) is 4.90 Å². The number of piperidine rings is 1. The smallest absolute Gasteiger partial charge is 0.337 e. The fourth-order valence-corrected chi connectivity index (χ4v) is 5.82. The molecule has 1 saturated carbocycles. The first-order valence-electron chi connectivity index (χ1n) is 12.2. The van der Waals surface area contributed by atoms with E-state index in [1.165, 1.54) is 12.3 Å². The molecule has 1 aromatic carbocycles. The van der Waals surface area contributed by atoms with E-state index in [1.54, 1.807) is 24.4 Å². The predicted octanol–water partition coefficient (Wildman–Crippen LogP) is 5.65. The van der Waals surface area contributed by atoms with Crippen LogP contribution < -0.4 is 4.90 Å². The number of fused-ring (bicyclic) bond motifs is 2. The topological polar surface area (TPSA) is 78.5 Å². The highest BCUT2D eigenvalue weighted by atomic mass is 19.2. The van der Waals surface area contributed by atoms with Crippen LogP contribution >= 0.6 is 0 Å². The first-order valence-corrected chi connectivity index (χ1v) is 12.2. The van der Waals surface area contributed by atoms with Crippen molar-refractivity contribution < 1.29 is 23.4 Å². The van der Waals surface area contributed by atoms with Crippen LogP contribution in [0.3, 0.4) is 0 Å². The lowest BCUT2D eigenvalue weighted by Crippen LogP contribution is -2.46. The molecule has 2 unspecified atom stereocenters. The van der Waals surface area contributed by atoms with Crippen LogP contribution in [0.2, 0.25) is 0 Å². The molecule has 1 aliphatic carbocycles. The van der Waals surface area contributed by atoms with Crippen molar-refractivity contribution in [2.24, 2.45) is 0 Å². The molecule has 0 radical (unpaired) electrons. The third-order valence-electron chi connectivity index (χ3n) is 7.66. The summed E-state index contributed by atoms with van der Waals surface area (Å²) in [6.07, 6.45) is 9.24. The lowest BCUT2D eigenvalue weighted by Gasteiger charge is -2.39. The molecule has 3 aromatic rings. The molecule has 35 heavy (non-hydrogen) atoms. The van der Waals surface area contributed by atoms with Gasteiger partial charge in [-0.2, -0.15) is 0 Å². The minimum Gasteiger partial charge on any atom is -0.478 e. The number of benzene rings is 1. The van der Waals surface area contributed by atoms with Crippen molar-refractivity contribution in [3.8, 4) is 11.1 Å². The molecule has 2 atom stereocenters. The number of nitrogens with one attached hydrogen (secondary N) is 1. The van der Waals surface area contributed by atoms with E-state index >= 15 is 0 Å². The summed E-state index contributed by atoms with van der Waals surface area (Å²) < 4.78 is 35.0. The van der Waals surface area contributed by atoms with E-state index in [0.717, 1.165) is 61.7 Å². The second-order valence-electron chi connectivity index (χ2n) is 9.88. The number of anilines is 1. The molecule has 0 spiro atoms. The van der Waals surface area contributed by atoms with Gasteiger partial charge in [0.05, 0.1) is 18.3 Å². The molecular formula is C27H27F2N3O3. The Balaban J connectivity index is 1.19. The average molecular weight is 480 g/mol. The molecule has 6 rings (SSSR count). The van der Waals surface area contributed by atoms with Gasteiger partial charge in [0, 0.05) is 46.9 Å². The molecule has 2 bridgehead atoms. The molecule has 4 heterocycles. The molecule has 3 fully saturated rings. The second-order valence-corrected chi connectivity index (χ2v) is 9.88. The fraction of sp³-hybridized carbons (Fsp3) is 0.407. The Morgan fingerprint density at radius 2 is 1.86 bits per heavy atom. The number of ether oxygens (including phenoxy) is 1. The summed E-state index contributed by atoms with van der Waals surface area (Å²) in [5.41, 5.74) is 3.12. The molecular weight excluding hydrogens is 452 g/mol. The van der Waals surface area contributed by atoms with Crippen LogP contribution in [0.1, 0.15) is 66.1 Å². The highest BCUT2D eigenvalue weighted by molar-refractivity contribution is 5.87. The Hall–Kier alpha value is -3.26.